The molecule has 1 aliphatic heterocycles. The summed E-state index contributed by atoms with van der Waals surface area (Å²) in [5.74, 6) is -3.11. The number of amides is 1. The highest BCUT2D eigenvalue weighted by Crippen LogP contribution is 2.52. The van der Waals surface area contributed by atoms with E-state index >= 15 is 8.78 Å². The first-order valence-corrected chi connectivity index (χ1v) is 14.7. The number of nitrogens with one attached hydrogen (secondary N) is 2. The number of likely N-dealkylation sites (N-methyl/N-ethyl adjacent to an activating group) is 1. The summed E-state index contributed by atoms with van der Waals surface area (Å²) in [6, 6.07) is 10.3. The van der Waals surface area contributed by atoms with E-state index in [1.807, 2.05) is 39.8 Å². The van der Waals surface area contributed by atoms with Gasteiger partial charge >= 0.3 is 0 Å². The Bertz CT molecular complexity index is 1520. The zero-order chi connectivity index (χ0) is 31.7. The second kappa shape index (κ2) is 12.9. The molecule has 1 fully saturated rings. The van der Waals surface area contributed by atoms with Crippen LogP contribution < -0.4 is 10.6 Å². The van der Waals surface area contributed by atoms with Crippen molar-refractivity contribution in [3.05, 3.63) is 81.5 Å². The number of rotatable bonds is 9. The number of hydrogen-bond acceptors (Lipinski definition) is 6. The summed E-state index contributed by atoms with van der Waals surface area (Å²) in [5, 5.41) is 31.6. The van der Waals surface area contributed by atoms with Gasteiger partial charge in [-0.25, -0.2) is 8.78 Å². The average molecular weight is 634 g/mol. The van der Waals surface area contributed by atoms with Crippen LogP contribution in [0.15, 0.2) is 48.7 Å². The van der Waals surface area contributed by atoms with E-state index in [9.17, 15) is 15.2 Å². The normalized spacial score (nSPS) is 22.9. The second-order valence-electron chi connectivity index (χ2n) is 12.5. The average Bonchev–Trinajstić information content (AvgIpc) is 3.46. The highest BCUT2D eigenvalue weighted by atomic mass is 35.5. The first kappa shape index (κ1) is 32.8. The molecule has 2 heterocycles. The molecule has 230 valence electrons. The Hall–Kier alpha value is -3.07. The molecular weight excluding hydrogens is 597 g/mol. The maximum absolute atomic E-state index is 15.8. The van der Waals surface area contributed by atoms with Crippen LogP contribution in [-0.4, -0.2) is 64.5 Å². The lowest BCUT2D eigenvalue weighted by atomic mass is 9.62. The number of carbonyl (C=O) groups is 1. The summed E-state index contributed by atoms with van der Waals surface area (Å²) < 4.78 is 33.1. The van der Waals surface area contributed by atoms with Gasteiger partial charge in [0.15, 0.2) is 5.82 Å². The first-order valence-electron chi connectivity index (χ1n) is 13.9. The monoisotopic (exact) mass is 632 g/mol. The molecule has 43 heavy (non-hydrogen) atoms. The Balaban J connectivity index is 1.82. The molecule has 1 amide bonds. The molecule has 2 aromatic carbocycles. The standard InChI is InChI=1S/C31H36Cl2F2N6O2/c1-30(2,3)14-24-31(17-36,21-10-9-18(32)13-23(21)34)26(20-7-6-8-22(33)27(20)35)28(37-24)29(43)38-25-11-12-41(39-25)16-19(42)15-40(4)5/h6-13,19,24,26,28,37,42H,14-16H2,1-5H3,(H,38,39,43). The number of aromatic nitrogens is 2. The van der Waals surface area contributed by atoms with Gasteiger partial charge in [0.25, 0.3) is 0 Å². The molecule has 0 bridgehead atoms. The molecule has 0 saturated carbocycles. The Morgan fingerprint density at radius 1 is 1.26 bits per heavy atom. The van der Waals surface area contributed by atoms with E-state index in [4.69, 9.17) is 23.2 Å². The predicted octanol–water partition coefficient (Wildman–Crippen LogP) is 5.35. The van der Waals surface area contributed by atoms with Crippen molar-refractivity contribution in [3.63, 3.8) is 0 Å². The van der Waals surface area contributed by atoms with E-state index in [1.54, 1.807) is 12.3 Å². The van der Waals surface area contributed by atoms with Crippen LogP contribution in [0.25, 0.3) is 0 Å². The van der Waals surface area contributed by atoms with Crippen molar-refractivity contribution < 1.29 is 18.7 Å². The van der Waals surface area contributed by atoms with Crippen molar-refractivity contribution in [2.24, 2.45) is 5.41 Å². The topological polar surface area (TPSA) is 106 Å². The number of nitriles is 1. The Morgan fingerprint density at radius 2 is 1.98 bits per heavy atom. The molecule has 4 rings (SSSR count). The summed E-state index contributed by atoms with van der Waals surface area (Å²) in [6.07, 6.45) is 1.29. The van der Waals surface area contributed by atoms with Gasteiger partial charge in [-0.05, 0) is 49.7 Å². The number of nitrogens with zero attached hydrogens (tertiary/aromatic N) is 4. The molecule has 1 aliphatic rings. The van der Waals surface area contributed by atoms with Crippen LogP contribution in [0.1, 0.15) is 44.2 Å². The van der Waals surface area contributed by atoms with Crippen molar-refractivity contribution in [1.82, 2.24) is 20.0 Å². The predicted molar refractivity (Wildman–Crippen MR) is 163 cm³/mol. The van der Waals surface area contributed by atoms with Gasteiger partial charge in [0.05, 0.1) is 29.8 Å². The zero-order valence-corrected chi connectivity index (χ0v) is 26.2. The third-order valence-corrected chi connectivity index (χ3v) is 8.12. The fourth-order valence-electron chi connectivity index (χ4n) is 5.99. The van der Waals surface area contributed by atoms with Gasteiger partial charge in [0, 0.05) is 41.4 Å². The lowest BCUT2D eigenvalue weighted by molar-refractivity contribution is -0.118. The third kappa shape index (κ3) is 7.03. The van der Waals surface area contributed by atoms with Gasteiger partial charge in [-0.1, -0.05) is 62.2 Å². The van der Waals surface area contributed by atoms with Gasteiger partial charge in [-0.3, -0.25) is 9.48 Å². The summed E-state index contributed by atoms with van der Waals surface area (Å²) in [5.41, 5.74) is -2.09. The van der Waals surface area contributed by atoms with Crippen LogP contribution in [-0.2, 0) is 16.8 Å². The molecule has 12 heteroatoms. The van der Waals surface area contributed by atoms with Gasteiger partial charge < -0.3 is 20.6 Å². The van der Waals surface area contributed by atoms with Gasteiger partial charge in [0.2, 0.25) is 5.91 Å². The maximum Gasteiger partial charge on any atom is 0.243 e. The van der Waals surface area contributed by atoms with Crippen molar-refractivity contribution in [2.75, 3.05) is 26.0 Å². The quantitative estimate of drug-likeness (QED) is 0.294. The Labute approximate surface area is 260 Å². The molecular formula is C31H36Cl2F2N6O2. The fourth-order valence-corrected chi connectivity index (χ4v) is 6.33. The smallest absolute Gasteiger partial charge is 0.243 e. The van der Waals surface area contributed by atoms with Crippen molar-refractivity contribution in [2.45, 2.75) is 63.3 Å². The maximum atomic E-state index is 15.8. The molecule has 1 saturated heterocycles. The Morgan fingerprint density at radius 3 is 2.60 bits per heavy atom. The molecule has 5 unspecified atom stereocenters. The number of carbonyl (C=O) groups excluding carboxylic acids is 1. The molecule has 0 aliphatic carbocycles. The van der Waals surface area contributed by atoms with Crippen molar-refractivity contribution in [1.29, 1.82) is 5.26 Å². The van der Waals surface area contributed by atoms with Crippen molar-refractivity contribution >= 4 is 34.9 Å². The number of benzene rings is 2. The van der Waals surface area contributed by atoms with Gasteiger partial charge in [-0.15, -0.1) is 0 Å². The number of halogens is 4. The molecule has 8 nitrogen and oxygen atoms in total. The fraction of sp³-hybridized carbons (Fsp3) is 0.452. The minimum Gasteiger partial charge on any atom is -0.390 e. The SMILES string of the molecule is CN(C)CC(O)Cn1ccc(NC(=O)C2NC(CC(C)(C)C)C(C#N)(c3ccc(Cl)cc3F)C2c2cccc(Cl)c2F)n1. The molecule has 1 aromatic heterocycles. The van der Waals surface area contributed by atoms with E-state index in [0.29, 0.717) is 13.0 Å². The van der Waals surface area contributed by atoms with E-state index < -0.39 is 47.1 Å². The van der Waals surface area contributed by atoms with Crippen molar-refractivity contribution in [3.8, 4) is 6.07 Å². The van der Waals surface area contributed by atoms with Crippen LogP contribution in [0.5, 0.6) is 0 Å². The molecule has 3 N–H and O–H groups in total. The third-order valence-electron chi connectivity index (χ3n) is 7.60. The van der Waals surface area contributed by atoms with Gasteiger partial charge in [0.1, 0.15) is 17.0 Å². The molecule has 0 spiro atoms. The number of aliphatic hydroxyl groups is 1. The van der Waals surface area contributed by atoms with Crippen LogP contribution in [0.4, 0.5) is 14.6 Å². The summed E-state index contributed by atoms with van der Waals surface area (Å²) in [6.45, 7) is 6.53. The number of aliphatic hydroxyl groups excluding tert-OH is 1. The molecule has 0 radical (unpaired) electrons. The van der Waals surface area contributed by atoms with E-state index in [0.717, 1.165) is 6.07 Å². The summed E-state index contributed by atoms with van der Waals surface area (Å²) in [4.78, 5) is 15.8. The van der Waals surface area contributed by atoms with Crippen LogP contribution in [0, 0.1) is 28.4 Å². The lowest BCUT2D eigenvalue weighted by Crippen LogP contribution is -2.45. The van der Waals surface area contributed by atoms with E-state index in [2.05, 4.69) is 21.8 Å². The largest absolute Gasteiger partial charge is 0.390 e. The van der Waals surface area contributed by atoms with Crippen LogP contribution >= 0.6 is 23.2 Å². The number of anilines is 1. The minimum atomic E-state index is -1.73. The van der Waals surface area contributed by atoms with Crippen LogP contribution in [0.3, 0.4) is 0 Å². The molecule has 5 atom stereocenters. The van der Waals surface area contributed by atoms with E-state index in [-0.39, 0.29) is 38.9 Å². The first-order chi connectivity index (χ1) is 20.2. The van der Waals surface area contributed by atoms with Crippen LogP contribution in [0.2, 0.25) is 10.0 Å². The lowest BCUT2D eigenvalue weighted by Gasteiger charge is -2.37. The highest BCUT2D eigenvalue weighted by Gasteiger charge is 2.61. The highest BCUT2D eigenvalue weighted by molar-refractivity contribution is 6.31. The van der Waals surface area contributed by atoms with Gasteiger partial charge in [-0.2, -0.15) is 10.4 Å². The number of hydrogen-bond donors (Lipinski definition) is 3. The summed E-state index contributed by atoms with van der Waals surface area (Å²) >= 11 is 12.3. The minimum absolute atomic E-state index is 0.0000156. The summed E-state index contributed by atoms with van der Waals surface area (Å²) in [7, 11) is 3.69. The Kier molecular flexibility index (Phi) is 9.84. The second-order valence-corrected chi connectivity index (χ2v) is 13.4. The zero-order valence-electron chi connectivity index (χ0n) is 24.7. The molecule has 3 aromatic rings. The van der Waals surface area contributed by atoms with E-state index in [1.165, 1.54) is 35.0 Å².